The van der Waals surface area contributed by atoms with Gasteiger partial charge in [-0.25, -0.2) is 8.78 Å². The van der Waals surface area contributed by atoms with E-state index < -0.39 is 11.6 Å². The molecule has 2 heterocycles. The number of carbonyl (C=O) groups excluding carboxylic acids is 1. The van der Waals surface area contributed by atoms with Gasteiger partial charge in [0.15, 0.2) is 11.6 Å². The molecule has 2 aromatic carbocycles. The van der Waals surface area contributed by atoms with E-state index in [9.17, 15) is 13.6 Å². The third-order valence-electron chi connectivity index (χ3n) is 5.34. The molecule has 3 aromatic rings. The summed E-state index contributed by atoms with van der Waals surface area (Å²) < 4.78 is 26.4. The normalized spacial score (nSPS) is 15.8. The number of H-pyrrole nitrogens is 1. The third-order valence-corrected chi connectivity index (χ3v) is 5.34. The number of carbonyl (C=O) groups is 1. The van der Waals surface area contributed by atoms with E-state index in [1.807, 2.05) is 31.2 Å². The molecule has 4 nitrogen and oxygen atoms in total. The number of amides is 1. The summed E-state index contributed by atoms with van der Waals surface area (Å²) in [6, 6.07) is 12.1. The van der Waals surface area contributed by atoms with Gasteiger partial charge < -0.3 is 10.3 Å². The zero-order valence-electron chi connectivity index (χ0n) is 15.8. The number of fused-ring (bicyclic) bond motifs is 1. The molecule has 0 unspecified atom stereocenters. The lowest BCUT2D eigenvalue weighted by Crippen LogP contribution is -2.44. The van der Waals surface area contributed by atoms with Gasteiger partial charge in [-0.3, -0.25) is 9.69 Å². The maximum absolute atomic E-state index is 13.4. The average molecular weight is 383 g/mol. The number of halogens is 2. The molecule has 0 aliphatic carbocycles. The van der Waals surface area contributed by atoms with Crippen molar-refractivity contribution in [1.29, 1.82) is 0 Å². The summed E-state index contributed by atoms with van der Waals surface area (Å²) in [6.07, 6.45) is 1.66. The Labute approximate surface area is 162 Å². The summed E-state index contributed by atoms with van der Waals surface area (Å²) >= 11 is 0. The topological polar surface area (TPSA) is 48.1 Å². The van der Waals surface area contributed by atoms with Crippen LogP contribution < -0.4 is 5.32 Å². The first kappa shape index (κ1) is 18.6. The fourth-order valence-electron chi connectivity index (χ4n) is 3.76. The zero-order valence-corrected chi connectivity index (χ0v) is 15.8. The van der Waals surface area contributed by atoms with Gasteiger partial charge in [-0.15, -0.1) is 0 Å². The molecule has 146 valence electrons. The second-order valence-corrected chi connectivity index (χ2v) is 7.55. The van der Waals surface area contributed by atoms with Crippen molar-refractivity contribution < 1.29 is 13.6 Å². The van der Waals surface area contributed by atoms with Crippen LogP contribution in [0.5, 0.6) is 0 Å². The number of rotatable bonds is 4. The number of nitrogens with zero attached hydrogens (tertiary/aromatic N) is 1. The molecule has 6 heteroatoms. The van der Waals surface area contributed by atoms with E-state index in [0.29, 0.717) is 12.2 Å². The van der Waals surface area contributed by atoms with Crippen molar-refractivity contribution in [2.75, 3.05) is 13.1 Å². The molecule has 4 rings (SSSR count). The van der Waals surface area contributed by atoms with Crippen molar-refractivity contribution in [2.24, 2.45) is 0 Å². The molecular weight excluding hydrogens is 360 g/mol. The molecule has 0 saturated carbocycles. The van der Waals surface area contributed by atoms with Crippen molar-refractivity contribution in [2.45, 2.75) is 32.4 Å². The summed E-state index contributed by atoms with van der Waals surface area (Å²) in [7, 11) is 0. The molecular formula is C22H23F2N3O. The third kappa shape index (κ3) is 4.07. The number of aromatic nitrogens is 1. The number of likely N-dealkylation sites (tertiary alicyclic amines) is 1. The predicted octanol–water partition coefficient (Wildman–Crippen LogP) is 4.15. The Balaban J connectivity index is 1.32. The van der Waals surface area contributed by atoms with Crippen LogP contribution in [0.4, 0.5) is 8.78 Å². The highest BCUT2D eigenvalue weighted by molar-refractivity contribution is 5.98. The first-order valence-corrected chi connectivity index (χ1v) is 9.54. The second-order valence-electron chi connectivity index (χ2n) is 7.55. The van der Waals surface area contributed by atoms with Crippen LogP contribution in [0.3, 0.4) is 0 Å². The van der Waals surface area contributed by atoms with E-state index >= 15 is 0 Å². The minimum Gasteiger partial charge on any atom is -0.351 e. The molecule has 0 radical (unpaired) electrons. The van der Waals surface area contributed by atoms with Gasteiger partial charge in [0, 0.05) is 36.6 Å². The first-order valence-electron chi connectivity index (χ1n) is 9.54. The van der Waals surface area contributed by atoms with Crippen LogP contribution in [-0.2, 0) is 6.54 Å². The van der Waals surface area contributed by atoms with Crippen LogP contribution >= 0.6 is 0 Å². The molecule has 1 fully saturated rings. The van der Waals surface area contributed by atoms with Crippen LogP contribution in [0.25, 0.3) is 10.9 Å². The number of nitrogens with one attached hydrogen (secondary N) is 2. The van der Waals surface area contributed by atoms with Crippen LogP contribution in [0, 0.1) is 18.6 Å². The van der Waals surface area contributed by atoms with Gasteiger partial charge in [-0.1, -0.05) is 18.2 Å². The van der Waals surface area contributed by atoms with E-state index in [2.05, 4.69) is 15.2 Å². The molecule has 1 aliphatic heterocycles. The highest BCUT2D eigenvalue weighted by atomic mass is 19.2. The van der Waals surface area contributed by atoms with Crippen molar-refractivity contribution in [3.05, 3.63) is 70.9 Å². The Hall–Kier alpha value is -2.73. The van der Waals surface area contributed by atoms with Gasteiger partial charge in [0.1, 0.15) is 5.69 Å². The van der Waals surface area contributed by atoms with E-state index in [1.165, 1.54) is 12.1 Å². The maximum Gasteiger partial charge on any atom is 0.267 e. The number of hydrogen-bond donors (Lipinski definition) is 2. The molecule has 1 amide bonds. The highest BCUT2D eigenvalue weighted by Crippen LogP contribution is 2.19. The average Bonchev–Trinajstić information content (AvgIpc) is 3.10. The molecule has 0 spiro atoms. The van der Waals surface area contributed by atoms with Gasteiger partial charge in [-0.05, 0) is 55.2 Å². The molecule has 1 aromatic heterocycles. The Kier molecular flexibility index (Phi) is 5.13. The minimum absolute atomic E-state index is 0.0899. The Morgan fingerprint density at radius 3 is 2.64 bits per heavy atom. The van der Waals surface area contributed by atoms with Crippen LogP contribution in [-0.4, -0.2) is 34.9 Å². The monoisotopic (exact) mass is 383 g/mol. The van der Waals surface area contributed by atoms with E-state index in [1.54, 1.807) is 6.07 Å². The summed E-state index contributed by atoms with van der Waals surface area (Å²) in [5.74, 6) is -1.72. The standard InChI is InChI=1S/C22H23F2N3O/c1-14-2-4-16-12-21(26-20(16)10-14)22(28)25-17-6-8-27(9-7-17)13-15-3-5-18(23)19(24)11-15/h2-5,10-12,17,26H,6-9,13H2,1H3,(H,25,28). The van der Waals surface area contributed by atoms with Gasteiger partial charge in [-0.2, -0.15) is 0 Å². The lowest BCUT2D eigenvalue weighted by molar-refractivity contribution is 0.0904. The van der Waals surface area contributed by atoms with Crippen LogP contribution in [0.1, 0.15) is 34.5 Å². The number of piperidine rings is 1. The van der Waals surface area contributed by atoms with Crippen molar-refractivity contribution >= 4 is 16.8 Å². The summed E-state index contributed by atoms with van der Waals surface area (Å²) in [4.78, 5) is 18.0. The SMILES string of the molecule is Cc1ccc2cc(C(=O)NC3CCN(Cc4ccc(F)c(F)c4)CC3)[nH]c2c1. The van der Waals surface area contributed by atoms with Gasteiger partial charge in [0.25, 0.3) is 5.91 Å². The quantitative estimate of drug-likeness (QED) is 0.711. The predicted molar refractivity (Wildman–Crippen MR) is 105 cm³/mol. The number of aryl methyl sites for hydroxylation is 1. The van der Waals surface area contributed by atoms with E-state index in [-0.39, 0.29) is 11.9 Å². The molecule has 0 bridgehead atoms. The second kappa shape index (κ2) is 7.72. The number of benzene rings is 2. The van der Waals surface area contributed by atoms with Crippen molar-refractivity contribution in [1.82, 2.24) is 15.2 Å². The van der Waals surface area contributed by atoms with E-state index in [4.69, 9.17) is 0 Å². The van der Waals surface area contributed by atoms with Gasteiger partial charge in [0.05, 0.1) is 0 Å². The fourth-order valence-corrected chi connectivity index (χ4v) is 3.76. The molecule has 0 atom stereocenters. The number of aromatic amines is 1. The lowest BCUT2D eigenvalue weighted by atomic mass is 10.0. The highest BCUT2D eigenvalue weighted by Gasteiger charge is 2.22. The Morgan fingerprint density at radius 2 is 1.89 bits per heavy atom. The smallest absolute Gasteiger partial charge is 0.267 e. The van der Waals surface area contributed by atoms with Crippen molar-refractivity contribution in [3.8, 4) is 0 Å². The largest absolute Gasteiger partial charge is 0.351 e. The van der Waals surface area contributed by atoms with Crippen molar-refractivity contribution in [3.63, 3.8) is 0 Å². The fraction of sp³-hybridized carbons (Fsp3) is 0.318. The van der Waals surface area contributed by atoms with Crippen LogP contribution in [0.2, 0.25) is 0 Å². The molecule has 28 heavy (non-hydrogen) atoms. The summed E-state index contributed by atoms with van der Waals surface area (Å²) in [5.41, 5.74) is 3.45. The minimum atomic E-state index is -0.822. The summed E-state index contributed by atoms with van der Waals surface area (Å²) in [6.45, 7) is 4.21. The van der Waals surface area contributed by atoms with E-state index in [0.717, 1.165) is 48.0 Å². The Bertz CT molecular complexity index is 1010. The molecule has 1 aliphatic rings. The zero-order chi connectivity index (χ0) is 19.7. The van der Waals surface area contributed by atoms with Crippen LogP contribution in [0.15, 0.2) is 42.5 Å². The van der Waals surface area contributed by atoms with Gasteiger partial charge in [0.2, 0.25) is 0 Å². The van der Waals surface area contributed by atoms with Gasteiger partial charge >= 0.3 is 0 Å². The number of hydrogen-bond acceptors (Lipinski definition) is 2. The first-order chi connectivity index (χ1) is 13.5. The molecule has 2 N–H and O–H groups in total. The molecule has 1 saturated heterocycles. The summed E-state index contributed by atoms with van der Waals surface area (Å²) in [5, 5.41) is 4.13. The Morgan fingerprint density at radius 1 is 1.11 bits per heavy atom. The lowest BCUT2D eigenvalue weighted by Gasteiger charge is -2.32. The maximum atomic E-state index is 13.4.